The molecule has 5 heteroatoms. The van der Waals surface area contributed by atoms with Crippen LogP contribution in [0.4, 0.5) is 11.4 Å². The SMILES string of the molecule is CCCC(=O)Nc1ccc(NC(=O)CC#N)cc1. The lowest BCUT2D eigenvalue weighted by Gasteiger charge is -2.06. The van der Waals surface area contributed by atoms with Crippen LogP contribution in [0.15, 0.2) is 24.3 Å². The molecule has 0 saturated carbocycles. The van der Waals surface area contributed by atoms with Crippen LogP contribution in [0.2, 0.25) is 0 Å². The maximum absolute atomic E-state index is 11.3. The molecule has 1 rings (SSSR count). The largest absolute Gasteiger partial charge is 0.326 e. The molecule has 0 unspecified atom stereocenters. The molecule has 0 bridgehead atoms. The monoisotopic (exact) mass is 245 g/mol. The first-order chi connectivity index (χ1) is 8.65. The Hall–Kier alpha value is -2.35. The van der Waals surface area contributed by atoms with Gasteiger partial charge >= 0.3 is 0 Å². The van der Waals surface area contributed by atoms with Crippen LogP contribution >= 0.6 is 0 Å². The molecule has 0 radical (unpaired) electrons. The van der Waals surface area contributed by atoms with Crippen LogP contribution in [-0.4, -0.2) is 11.8 Å². The Kier molecular flexibility index (Phi) is 5.39. The Morgan fingerprint density at radius 3 is 2.06 bits per heavy atom. The number of nitrogens with zero attached hydrogens (tertiary/aromatic N) is 1. The third-order valence-electron chi connectivity index (χ3n) is 2.17. The van der Waals surface area contributed by atoms with Crippen molar-refractivity contribution >= 4 is 23.2 Å². The highest BCUT2D eigenvalue weighted by Gasteiger charge is 2.03. The summed E-state index contributed by atoms with van der Waals surface area (Å²) in [6.45, 7) is 1.94. The molecule has 2 amide bonds. The Morgan fingerprint density at radius 2 is 1.61 bits per heavy atom. The number of nitrogens with one attached hydrogen (secondary N) is 2. The van der Waals surface area contributed by atoms with Crippen molar-refractivity contribution in [2.45, 2.75) is 26.2 Å². The van der Waals surface area contributed by atoms with Gasteiger partial charge in [-0.3, -0.25) is 9.59 Å². The average Bonchev–Trinajstić information content (AvgIpc) is 2.32. The molecule has 2 N–H and O–H groups in total. The first kappa shape index (κ1) is 13.7. The molecule has 18 heavy (non-hydrogen) atoms. The number of rotatable bonds is 5. The van der Waals surface area contributed by atoms with Gasteiger partial charge in [0, 0.05) is 17.8 Å². The molecular weight excluding hydrogens is 230 g/mol. The zero-order valence-corrected chi connectivity index (χ0v) is 10.2. The first-order valence-electron chi connectivity index (χ1n) is 5.72. The van der Waals surface area contributed by atoms with Crippen LogP contribution < -0.4 is 10.6 Å². The molecule has 0 aliphatic heterocycles. The molecule has 0 aliphatic rings. The second-order valence-corrected chi connectivity index (χ2v) is 3.76. The summed E-state index contributed by atoms with van der Waals surface area (Å²) < 4.78 is 0. The number of benzene rings is 1. The predicted molar refractivity (Wildman–Crippen MR) is 68.8 cm³/mol. The number of hydrogen-bond donors (Lipinski definition) is 2. The van der Waals surface area contributed by atoms with Gasteiger partial charge in [-0.2, -0.15) is 5.26 Å². The lowest BCUT2D eigenvalue weighted by molar-refractivity contribution is -0.116. The zero-order valence-electron chi connectivity index (χ0n) is 10.2. The second kappa shape index (κ2) is 7.07. The highest BCUT2D eigenvalue weighted by molar-refractivity contribution is 5.93. The van der Waals surface area contributed by atoms with Crippen molar-refractivity contribution < 1.29 is 9.59 Å². The van der Waals surface area contributed by atoms with E-state index in [0.29, 0.717) is 17.8 Å². The minimum atomic E-state index is -0.347. The maximum Gasteiger partial charge on any atom is 0.238 e. The molecule has 0 fully saturated rings. The van der Waals surface area contributed by atoms with E-state index >= 15 is 0 Å². The minimum Gasteiger partial charge on any atom is -0.326 e. The van der Waals surface area contributed by atoms with Gasteiger partial charge in [-0.05, 0) is 30.7 Å². The molecule has 0 aliphatic carbocycles. The van der Waals surface area contributed by atoms with Crippen molar-refractivity contribution in [3.05, 3.63) is 24.3 Å². The number of amides is 2. The maximum atomic E-state index is 11.3. The van der Waals surface area contributed by atoms with E-state index < -0.39 is 0 Å². The lowest BCUT2D eigenvalue weighted by atomic mass is 10.2. The summed E-state index contributed by atoms with van der Waals surface area (Å²) >= 11 is 0. The number of hydrogen-bond acceptors (Lipinski definition) is 3. The predicted octanol–water partition coefficient (Wildman–Crippen LogP) is 2.28. The fourth-order valence-corrected chi connectivity index (χ4v) is 1.36. The van der Waals surface area contributed by atoms with E-state index in [-0.39, 0.29) is 18.2 Å². The average molecular weight is 245 g/mol. The van der Waals surface area contributed by atoms with Crippen molar-refractivity contribution in [3.8, 4) is 6.07 Å². The summed E-state index contributed by atoms with van der Waals surface area (Å²) in [5, 5.41) is 13.7. The Labute approximate surface area is 106 Å². The summed E-state index contributed by atoms with van der Waals surface area (Å²) in [5.74, 6) is -0.376. The van der Waals surface area contributed by atoms with E-state index in [1.165, 1.54) is 0 Å². The Balaban J connectivity index is 2.55. The fraction of sp³-hybridized carbons (Fsp3) is 0.308. The Bertz CT molecular complexity index is 460. The van der Waals surface area contributed by atoms with Crippen LogP contribution in [0, 0.1) is 11.3 Å². The van der Waals surface area contributed by atoms with Crippen molar-refractivity contribution in [1.29, 1.82) is 5.26 Å². The molecule has 0 spiro atoms. The van der Waals surface area contributed by atoms with Crippen molar-refractivity contribution in [1.82, 2.24) is 0 Å². The van der Waals surface area contributed by atoms with Gasteiger partial charge in [-0.1, -0.05) is 6.92 Å². The summed E-state index contributed by atoms with van der Waals surface area (Å²) in [6, 6.07) is 8.53. The van der Waals surface area contributed by atoms with Crippen LogP contribution in [0.1, 0.15) is 26.2 Å². The van der Waals surface area contributed by atoms with Gasteiger partial charge in [0.2, 0.25) is 11.8 Å². The van der Waals surface area contributed by atoms with Crippen molar-refractivity contribution in [3.63, 3.8) is 0 Å². The number of anilines is 2. The normalized spacial score (nSPS) is 9.33. The van der Waals surface area contributed by atoms with E-state index in [9.17, 15) is 9.59 Å². The van der Waals surface area contributed by atoms with E-state index in [1.54, 1.807) is 30.3 Å². The van der Waals surface area contributed by atoms with Gasteiger partial charge in [-0.15, -0.1) is 0 Å². The fourth-order valence-electron chi connectivity index (χ4n) is 1.36. The van der Waals surface area contributed by atoms with Crippen LogP contribution in [-0.2, 0) is 9.59 Å². The van der Waals surface area contributed by atoms with E-state index in [4.69, 9.17) is 5.26 Å². The van der Waals surface area contributed by atoms with Gasteiger partial charge in [0.05, 0.1) is 6.07 Å². The molecule has 1 aromatic rings. The molecule has 0 atom stereocenters. The smallest absolute Gasteiger partial charge is 0.238 e. The summed E-state index contributed by atoms with van der Waals surface area (Å²) in [6.07, 6.45) is 1.11. The summed E-state index contributed by atoms with van der Waals surface area (Å²) in [4.78, 5) is 22.5. The molecular formula is C13H15N3O2. The number of nitriles is 1. The zero-order chi connectivity index (χ0) is 13.4. The lowest BCUT2D eigenvalue weighted by Crippen LogP contribution is -2.11. The van der Waals surface area contributed by atoms with Crippen molar-refractivity contribution in [2.24, 2.45) is 0 Å². The number of carbonyl (C=O) groups is 2. The first-order valence-corrected chi connectivity index (χ1v) is 5.72. The third kappa shape index (κ3) is 4.66. The highest BCUT2D eigenvalue weighted by atomic mass is 16.2. The van der Waals surface area contributed by atoms with Crippen LogP contribution in [0.5, 0.6) is 0 Å². The van der Waals surface area contributed by atoms with Gasteiger partial charge in [0.1, 0.15) is 6.42 Å². The molecule has 0 aromatic heterocycles. The quantitative estimate of drug-likeness (QED) is 0.834. The Morgan fingerprint density at radius 1 is 1.11 bits per heavy atom. The molecule has 0 saturated heterocycles. The molecule has 5 nitrogen and oxygen atoms in total. The highest BCUT2D eigenvalue weighted by Crippen LogP contribution is 2.14. The molecule has 1 aromatic carbocycles. The van der Waals surface area contributed by atoms with Gasteiger partial charge < -0.3 is 10.6 Å². The van der Waals surface area contributed by atoms with E-state index in [2.05, 4.69) is 10.6 Å². The van der Waals surface area contributed by atoms with E-state index in [0.717, 1.165) is 6.42 Å². The molecule has 0 heterocycles. The minimum absolute atomic E-state index is 0.0289. The van der Waals surface area contributed by atoms with Crippen LogP contribution in [0.25, 0.3) is 0 Å². The van der Waals surface area contributed by atoms with E-state index in [1.807, 2.05) is 6.92 Å². The standard InChI is InChI=1S/C13H15N3O2/c1-2-3-12(17)15-10-4-6-11(7-5-10)16-13(18)8-9-14/h4-7H,2-3,8H2,1H3,(H,15,17)(H,16,18). The summed E-state index contributed by atoms with van der Waals surface area (Å²) in [5.41, 5.74) is 1.29. The van der Waals surface area contributed by atoms with Crippen LogP contribution in [0.3, 0.4) is 0 Å². The second-order valence-electron chi connectivity index (χ2n) is 3.76. The third-order valence-corrected chi connectivity index (χ3v) is 2.17. The van der Waals surface area contributed by atoms with Crippen molar-refractivity contribution in [2.75, 3.05) is 10.6 Å². The van der Waals surface area contributed by atoms with Gasteiger partial charge in [-0.25, -0.2) is 0 Å². The number of carbonyl (C=O) groups excluding carboxylic acids is 2. The molecule has 94 valence electrons. The summed E-state index contributed by atoms with van der Waals surface area (Å²) in [7, 11) is 0. The topological polar surface area (TPSA) is 82.0 Å². The van der Waals surface area contributed by atoms with Gasteiger partial charge in [0.15, 0.2) is 0 Å². The van der Waals surface area contributed by atoms with Gasteiger partial charge in [0.25, 0.3) is 0 Å².